The number of nitrogens with zero attached hydrogens (tertiary/aromatic N) is 3. The van der Waals surface area contributed by atoms with E-state index >= 15 is 0 Å². The number of hydrogen-bond donors (Lipinski definition) is 1. The Morgan fingerprint density at radius 1 is 1.38 bits per heavy atom. The Morgan fingerprint density at radius 3 is 2.72 bits per heavy atom. The number of anilines is 1. The summed E-state index contributed by atoms with van der Waals surface area (Å²) in [5.41, 5.74) is 3.17. The smallest absolute Gasteiger partial charge is 0.258 e. The van der Waals surface area contributed by atoms with Crippen LogP contribution in [0.25, 0.3) is 22.0 Å². The molecule has 0 spiro atoms. The van der Waals surface area contributed by atoms with E-state index in [4.69, 9.17) is 6.42 Å². The van der Waals surface area contributed by atoms with E-state index in [-0.39, 0.29) is 5.57 Å². The number of nitrogens with one attached hydrogen (secondary N) is 1. The molecular formula is C22H19FN4OS. The van der Waals surface area contributed by atoms with E-state index in [0.29, 0.717) is 12.2 Å². The van der Waals surface area contributed by atoms with E-state index in [0.717, 1.165) is 22.0 Å². The fourth-order valence-corrected chi connectivity index (χ4v) is 3.34. The van der Waals surface area contributed by atoms with Crippen molar-refractivity contribution in [1.29, 1.82) is 0 Å². The molecule has 0 bridgehead atoms. The third-order valence-corrected chi connectivity index (χ3v) is 4.93. The third kappa shape index (κ3) is 4.68. The molecule has 2 aromatic heterocycles. The van der Waals surface area contributed by atoms with Crippen molar-refractivity contribution < 1.29 is 9.18 Å². The maximum Gasteiger partial charge on any atom is 0.258 e. The molecule has 7 heteroatoms. The van der Waals surface area contributed by atoms with Crippen molar-refractivity contribution in [2.24, 2.45) is 0 Å². The minimum Gasteiger partial charge on any atom is -0.322 e. The largest absolute Gasteiger partial charge is 0.322 e. The average Bonchev–Trinajstić information content (AvgIpc) is 3.38. The number of amides is 1. The summed E-state index contributed by atoms with van der Waals surface area (Å²) in [6.07, 6.45) is 9.45. The number of thiazole rings is 1. The second kappa shape index (κ2) is 9.13. The van der Waals surface area contributed by atoms with Gasteiger partial charge in [0.15, 0.2) is 0 Å². The molecule has 1 amide bonds. The van der Waals surface area contributed by atoms with Crippen molar-refractivity contribution in [3.63, 3.8) is 0 Å². The summed E-state index contributed by atoms with van der Waals surface area (Å²) in [5, 5.41) is 10.1. The van der Waals surface area contributed by atoms with Crippen LogP contribution in [0.3, 0.4) is 0 Å². The number of carbonyl (C=O) groups is 1. The van der Waals surface area contributed by atoms with Crippen LogP contribution < -0.4 is 5.32 Å². The standard InChI is InChI=1S/C22H19FN4OS/c1-4-6-7-18(15(3)23)21(28)25-17-10-8-16(9-11-17)20-14-19(26-27(20)5-2)22-24-12-13-29-22/h1,6-14H,5H2,2-3H3,(H,25,28)/b7-6-,18-15-. The normalized spacial score (nSPS) is 11.9. The number of rotatable bonds is 6. The minimum atomic E-state index is -0.604. The molecule has 0 aliphatic carbocycles. The second-order valence-electron chi connectivity index (χ2n) is 6.05. The summed E-state index contributed by atoms with van der Waals surface area (Å²) in [5.74, 6) is 1.08. The van der Waals surface area contributed by atoms with E-state index in [1.165, 1.54) is 30.4 Å². The zero-order valence-electron chi connectivity index (χ0n) is 16.0. The van der Waals surface area contributed by atoms with Gasteiger partial charge in [0.1, 0.15) is 16.5 Å². The van der Waals surface area contributed by atoms with Gasteiger partial charge in [-0.1, -0.05) is 18.1 Å². The maximum absolute atomic E-state index is 13.6. The van der Waals surface area contributed by atoms with Gasteiger partial charge in [-0.15, -0.1) is 17.8 Å². The Kier molecular flexibility index (Phi) is 6.37. The fraction of sp³-hybridized carbons (Fsp3) is 0.136. The number of halogens is 1. The highest BCUT2D eigenvalue weighted by atomic mass is 32.1. The summed E-state index contributed by atoms with van der Waals surface area (Å²) in [6.45, 7) is 3.95. The first-order valence-corrected chi connectivity index (χ1v) is 9.80. The number of aryl methyl sites for hydroxylation is 1. The SMILES string of the molecule is C#C/C=C\C(C(=O)Nc1ccc(-c2cc(-c3nccs3)nn2CC)cc1)=C(/C)F. The lowest BCUT2D eigenvalue weighted by Gasteiger charge is -2.08. The number of benzene rings is 1. The Labute approximate surface area is 172 Å². The lowest BCUT2D eigenvalue weighted by Crippen LogP contribution is -2.14. The van der Waals surface area contributed by atoms with Crippen LogP contribution in [0.5, 0.6) is 0 Å². The fourth-order valence-electron chi connectivity index (χ4n) is 2.75. The number of allylic oxidation sites excluding steroid dienone is 2. The van der Waals surface area contributed by atoms with Crippen molar-refractivity contribution in [1.82, 2.24) is 14.8 Å². The van der Waals surface area contributed by atoms with Gasteiger partial charge < -0.3 is 5.32 Å². The molecule has 5 nitrogen and oxygen atoms in total. The number of hydrogen-bond acceptors (Lipinski definition) is 4. The van der Waals surface area contributed by atoms with Gasteiger partial charge in [-0.3, -0.25) is 9.48 Å². The molecule has 0 radical (unpaired) electrons. The van der Waals surface area contributed by atoms with Crippen molar-refractivity contribution in [3.8, 4) is 34.3 Å². The van der Waals surface area contributed by atoms with Crippen LogP contribution in [0.4, 0.5) is 10.1 Å². The summed E-state index contributed by atoms with van der Waals surface area (Å²) >= 11 is 1.54. The first-order chi connectivity index (χ1) is 14.0. The van der Waals surface area contributed by atoms with Crippen LogP contribution in [0.2, 0.25) is 0 Å². The number of carbonyl (C=O) groups excluding carboxylic acids is 1. The molecular weight excluding hydrogens is 387 g/mol. The molecule has 0 unspecified atom stereocenters. The van der Waals surface area contributed by atoms with E-state index in [9.17, 15) is 9.18 Å². The highest BCUT2D eigenvalue weighted by molar-refractivity contribution is 7.13. The van der Waals surface area contributed by atoms with Crippen LogP contribution >= 0.6 is 11.3 Å². The quantitative estimate of drug-likeness (QED) is 0.353. The molecule has 0 saturated carbocycles. The Morgan fingerprint density at radius 2 is 2.14 bits per heavy atom. The molecule has 0 aliphatic heterocycles. The van der Waals surface area contributed by atoms with Gasteiger partial charge in [0.25, 0.3) is 5.91 Å². The summed E-state index contributed by atoms with van der Waals surface area (Å²) < 4.78 is 15.5. The van der Waals surface area contributed by atoms with Crippen LogP contribution in [0.15, 0.2) is 65.5 Å². The average molecular weight is 406 g/mol. The highest BCUT2D eigenvalue weighted by Crippen LogP contribution is 2.28. The number of terminal acetylenes is 1. The monoisotopic (exact) mass is 406 g/mol. The minimum absolute atomic E-state index is 0.107. The number of aromatic nitrogens is 3. The van der Waals surface area contributed by atoms with E-state index in [1.54, 1.807) is 18.3 Å². The van der Waals surface area contributed by atoms with Gasteiger partial charge in [-0.2, -0.15) is 5.10 Å². The van der Waals surface area contributed by atoms with Crippen molar-refractivity contribution in [2.75, 3.05) is 5.32 Å². The molecule has 1 aromatic carbocycles. The zero-order valence-corrected chi connectivity index (χ0v) is 16.8. The highest BCUT2D eigenvalue weighted by Gasteiger charge is 2.14. The Bertz CT molecular complexity index is 1100. The van der Waals surface area contributed by atoms with E-state index in [2.05, 4.69) is 21.3 Å². The molecule has 0 saturated heterocycles. The molecule has 0 aliphatic rings. The Balaban J connectivity index is 1.82. The van der Waals surface area contributed by atoms with Gasteiger partial charge in [-0.25, -0.2) is 9.37 Å². The van der Waals surface area contributed by atoms with Crippen LogP contribution in [0, 0.1) is 12.3 Å². The molecule has 0 atom stereocenters. The second-order valence-corrected chi connectivity index (χ2v) is 6.94. The summed E-state index contributed by atoms with van der Waals surface area (Å²) in [7, 11) is 0. The van der Waals surface area contributed by atoms with E-state index in [1.807, 2.05) is 35.2 Å². The van der Waals surface area contributed by atoms with Crippen LogP contribution in [-0.2, 0) is 11.3 Å². The topological polar surface area (TPSA) is 59.8 Å². The lowest BCUT2D eigenvalue weighted by molar-refractivity contribution is -0.112. The van der Waals surface area contributed by atoms with Crippen molar-refractivity contribution in [3.05, 3.63) is 65.5 Å². The molecule has 29 heavy (non-hydrogen) atoms. The van der Waals surface area contributed by atoms with Gasteiger partial charge in [-0.05, 0) is 49.8 Å². The van der Waals surface area contributed by atoms with Crippen LogP contribution in [0.1, 0.15) is 13.8 Å². The molecule has 146 valence electrons. The summed E-state index contributed by atoms with van der Waals surface area (Å²) in [6, 6.07) is 9.29. The zero-order chi connectivity index (χ0) is 20.8. The Hall–Kier alpha value is -3.50. The first-order valence-electron chi connectivity index (χ1n) is 8.92. The van der Waals surface area contributed by atoms with Gasteiger partial charge in [0.05, 0.1) is 11.3 Å². The predicted octanol–water partition coefficient (Wildman–Crippen LogP) is 5.06. The van der Waals surface area contributed by atoms with Gasteiger partial charge >= 0.3 is 0 Å². The maximum atomic E-state index is 13.6. The first kappa shape index (κ1) is 20.2. The van der Waals surface area contributed by atoms with Crippen molar-refractivity contribution >= 4 is 22.9 Å². The van der Waals surface area contributed by atoms with Gasteiger partial charge in [0.2, 0.25) is 0 Å². The summed E-state index contributed by atoms with van der Waals surface area (Å²) in [4.78, 5) is 16.6. The third-order valence-electron chi connectivity index (χ3n) is 4.13. The molecule has 3 aromatic rings. The van der Waals surface area contributed by atoms with Crippen LogP contribution in [-0.4, -0.2) is 20.7 Å². The lowest BCUT2D eigenvalue weighted by atomic mass is 10.1. The van der Waals surface area contributed by atoms with E-state index < -0.39 is 11.7 Å². The van der Waals surface area contributed by atoms with Crippen molar-refractivity contribution in [2.45, 2.75) is 20.4 Å². The van der Waals surface area contributed by atoms with Gasteiger partial charge in [0, 0.05) is 23.8 Å². The molecule has 3 rings (SSSR count). The molecule has 0 fully saturated rings. The molecule has 2 heterocycles. The predicted molar refractivity (Wildman–Crippen MR) is 115 cm³/mol. The molecule has 1 N–H and O–H groups in total.